The van der Waals surface area contributed by atoms with Gasteiger partial charge in [-0.15, -0.1) is 0 Å². The summed E-state index contributed by atoms with van der Waals surface area (Å²) in [5.41, 5.74) is 1.12. The Kier molecular flexibility index (Phi) is 3.05. The minimum atomic E-state index is -0.00158. The summed E-state index contributed by atoms with van der Waals surface area (Å²) in [5.74, 6) is 3.73. The van der Waals surface area contributed by atoms with Gasteiger partial charge in [-0.25, -0.2) is 0 Å². The van der Waals surface area contributed by atoms with Gasteiger partial charge < -0.3 is 5.11 Å². The Morgan fingerprint density at radius 2 is 1.80 bits per heavy atom. The molecule has 1 nitrogen and oxygen atoms in total. The molecule has 0 bridgehead atoms. The molecule has 0 aromatic carbocycles. The van der Waals surface area contributed by atoms with Crippen LogP contribution in [0.5, 0.6) is 0 Å². The second kappa shape index (κ2) is 4.48. The van der Waals surface area contributed by atoms with Gasteiger partial charge in [-0.05, 0) is 98.7 Å². The molecule has 20 heavy (non-hydrogen) atoms. The van der Waals surface area contributed by atoms with Crippen molar-refractivity contribution in [3.05, 3.63) is 6.42 Å². The Hall–Kier alpha value is -0.0400. The Morgan fingerprint density at radius 3 is 2.65 bits per heavy atom. The maximum absolute atomic E-state index is 10.0. The van der Waals surface area contributed by atoms with Gasteiger partial charge in [-0.1, -0.05) is 13.8 Å². The van der Waals surface area contributed by atoms with Gasteiger partial charge in [0.15, 0.2) is 0 Å². The highest BCUT2D eigenvalue weighted by Gasteiger charge is 2.57. The van der Waals surface area contributed by atoms with Crippen molar-refractivity contribution in [3.63, 3.8) is 0 Å². The first kappa shape index (κ1) is 13.6. The predicted molar refractivity (Wildman–Crippen MR) is 82.0 cm³/mol. The van der Waals surface area contributed by atoms with Crippen molar-refractivity contribution < 1.29 is 5.11 Å². The third-order valence-corrected chi connectivity index (χ3v) is 8.16. The SMILES string of the molecule is C[C@@]12[CH]CC[C@H]1[C@@H]1CCC3CC(O)CC[C@]3(C)[C@H]1CC2. The van der Waals surface area contributed by atoms with Crippen molar-refractivity contribution in [2.24, 2.45) is 34.5 Å². The van der Waals surface area contributed by atoms with Crippen molar-refractivity contribution in [1.82, 2.24) is 0 Å². The van der Waals surface area contributed by atoms with Crippen LogP contribution in [-0.2, 0) is 0 Å². The summed E-state index contributed by atoms with van der Waals surface area (Å²) in [7, 11) is 0. The smallest absolute Gasteiger partial charge is 0.0543 e. The first-order valence-corrected chi connectivity index (χ1v) is 9.05. The van der Waals surface area contributed by atoms with Gasteiger partial charge in [0.25, 0.3) is 0 Å². The quantitative estimate of drug-likeness (QED) is 0.685. The van der Waals surface area contributed by atoms with E-state index in [0.717, 1.165) is 36.5 Å². The Bertz CT molecular complexity index is 391. The molecule has 4 fully saturated rings. The maximum Gasteiger partial charge on any atom is 0.0543 e. The first-order chi connectivity index (χ1) is 9.53. The standard InChI is InChI=1S/C19H31O/c1-18-9-3-4-16(18)15-6-5-13-12-14(20)7-11-19(13,2)17(15)8-10-18/h9,13-17,20H,3-8,10-12H2,1-2H3/t13?,14?,15-,16-,17-,18-,19-/m0/s1. The third-order valence-electron chi connectivity index (χ3n) is 8.16. The normalized spacial score (nSPS) is 58.6. The Balaban J connectivity index is 1.62. The molecule has 4 saturated carbocycles. The third kappa shape index (κ3) is 1.77. The average Bonchev–Trinajstić information content (AvgIpc) is 2.81. The van der Waals surface area contributed by atoms with Gasteiger partial charge in [-0.3, -0.25) is 0 Å². The number of aliphatic hydroxyl groups is 1. The molecule has 0 aromatic heterocycles. The van der Waals surface area contributed by atoms with Gasteiger partial charge in [0.05, 0.1) is 6.10 Å². The number of rotatable bonds is 0. The van der Waals surface area contributed by atoms with Crippen LogP contribution >= 0.6 is 0 Å². The van der Waals surface area contributed by atoms with Crippen LogP contribution in [0.25, 0.3) is 0 Å². The molecule has 7 atom stereocenters. The number of aliphatic hydroxyl groups excluding tert-OH is 1. The fourth-order valence-corrected chi connectivity index (χ4v) is 6.97. The van der Waals surface area contributed by atoms with Crippen LogP contribution in [0.15, 0.2) is 0 Å². The van der Waals surface area contributed by atoms with E-state index >= 15 is 0 Å². The lowest BCUT2D eigenvalue weighted by atomic mass is 9.45. The molecule has 113 valence electrons. The van der Waals surface area contributed by atoms with E-state index in [-0.39, 0.29) is 6.10 Å². The van der Waals surface area contributed by atoms with E-state index in [0.29, 0.717) is 10.8 Å². The molecule has 2 unspecified atom stereocenters. The lowest BCUT2D eigenvalue weighted by molar-refractivity contribution is -0.117. The molecule has 0 amide bonds. The molecule has 0 spiro atoms. The van der Waals surface area contributed by atoms with Crippen LogP contribution < -0.4 is 0 Å². The fraction of sp³-hybridized carbons (Fsp3) is 0.947. The molecule has 4 rings (SSSR count). The molecule has 0 heterocycles. The maximum atomic E-state index is 10.0. The van der Waals surface area contributed by atoms with Crippen LogP contribution in [0.2, 0.25) is 0 Å². The minimum absolute atomic E-state index is 0.00158. The molecular weight excluding hydrogens is 244 g/mol. The fourth-order valence-electron chi connectivity index (χ4n) is 6.97. The van der Waals surface area contributed by atoms with E-state index in [1.807, 2.05) is 0 Å². The Morgan fingerprint density at radius 1 is 0.950 bits per heavy atom. The van der Waals surface area contributed by atoms with Crippen molar-refractivity contribution in [2.75, 3.05) is 0 Å². The van der Waals surface area contributed by atoms with Crippen molar-refractivity contribution >= 4 is 0 Å². The van der Waals surface area contributed by atoms with Crippen LogP contribution in [0, 0.1) is 40.9 Å². The van der Waals surface area contributed by atoms with E-state index in [1.54, 1.807) is 0 Å². The average molecular weight is 275 g/mol. The molecule has 0 aromatic rings. The van der Waals surface area contributed by atoms with Crippen molar-refractivity contribution in [3.8, 4) is 0 Å². The van der Waals surface area contributed by atoms with E-state index in [2.05, 4.69) is 20.3 Å². The predicted octanol–water partition coefficient (Wildman–Crippen LogP) is 4.59. The summed E-state index contributed by atoms with van der Waals surface area (Å²) in [6, 6.07) is 0. The van der Waals surface area contributed by atoms with Crippen molar-refractivity contribution in [1.29, 1.82) is 0 Å². The van der Waals surface area contributed by atoms with Gasteiger partial charge in [0, 0.05) is 0 Å². The summed E-state index contributed by atoms with van der Waals surface area (Å²) in [5, 5.41) is 10.0. The van der Waals surface area contributed by atoms with Crippen LogP contribution in [-0.4, -0.2) is 11.2 Å². The molecule has 1 radical (unpaired) electrons. The second-order valence-corrected chi connectivity index (χ2v) is 8.91. The van der Waals surface area contributed by atoms with Crippen LogP contribution in [0.1, 0.15) is 71.6 Å². The van der Waals surface area contributed by atoms with E-state index < -0.39 is 0 Å². The highest BCUT2D eigenvalue weighted by molar-refractivity contribution is 5.11. The minimum Gasteiger partial charge on any atom is -0.393 e. The van der Waals surface area contributed by atoms with E-state index in [4.69, 9.17) is 0 Å². The highest BCUT2D eigenvalue weighted by Crippen LogP contribution is 2.65. The topological polar surface area (TPSA) is 20.2 Å². The lowest BCUT2D eigenvalue weighted by Gasteiger charge is -2.60. The lowest BCUT2D eigenvalue weighted by Crippen LogP contribution is -2.53. The van der Waals surface area contributed by atoms with Crippen LogP contribution in [0.3, 0.4) is 0 Å². The zero-order valence-electron chi connectivity index (χ0n) is 13.3. The zero-order valence-corrected chi connectivity index (χ0v) is 13.3. The largest absolute Gasteiger partial charge is 0.393 e. The van der Waals surface area contributed by atoms with Gasteiger partial charge >= 0.3 is 0 Å². The van der Waals surface area contributed by atoms with E-state index in [1.165, 1.54) is 44.9 Å². The molecular formula is C19H31O. The molecule has 1 heteroatoms. The molecule has 0 aliphatic heterocycles. The number of fused-ring (bicyclic) bond motifs is 5. The molecule has 1 N–H and O–H groups in total. The first-order valence-electron chi connectivity index (χ1n) is 9.05. The summed E-state index contributed by atoms with van der Waals surface area (Å²) in [6.45, 7) is 5.13. The zero-order chi connectivity index (χ0) is 14.0. The second-order valence-electron chi connectivity index (χ2n) is 8.91. The Labute approximate surface area is 124 Å². The summed E-state index contributed by atoms with van der Waals surface area (Å²) in [4.78, 5) is 0. The monoisotopic (exact) mass is 275 g/mol. The summed E-state index contributed by atoms with van der Waals surface area (Å²) < 4.78 is 0. The number of hydrogen-bond donors (Lipinski definition) is 1. The van der Waals surface area contributed by atoms with Crippen molar-refractivity contribution in [2.45, 2.75) is 77.7 Å². The van der Waals surface area contributed by atoms with Gasteiger partial charge in [-0.2, -0.15) is 0 Å². The molecule has 0 saturated heterocycles. The van der Waals surface area contributed by atoms with E-state index in [9.17, 15) is 5.11 Å². The van der Waals surface area contributed by atoms with Crippen LogP contribution in [0.4, 0.5) is 0 Å². The number of hydrogen-bond acceptors (Lipinski definition) is 1. The highest BCUT2D eigenvalue weighted by atomic mass is 16.3. The van der Waals surface area contributed by atoms with Gasteiger partial charge in [0.2, 0.25) is 0 Å². The van der Waals surface area contributed by atoms with Gasteiger partial charge in [0.1, 0.15) is 0 Å². The summed E-state index contributed by atoms with van der Waals surface area (Å²) >= 11 is 0. The molecule has 4 aliphatic carbocycles. The summed E-state index contributed by atoms with van der Waals surface area (Å²) in [6.07, 6.45) is 14.6. The molecule has 4 aliphatic rings.